The van der Waals surface area contributed by atoms with Crippen molar-refractivity contribution in [2.75, 3.05) is 5.73 Å². The van der Waals surface area contributed by atoms with E-state index in [2.05, 4.69) is 22.2 Å². The number of nitrogens with zero attached hydrogens (tertiary/aromatic N) is 1. The Morgan fingerprint density at radius 3 is 3.05 bits per heavy atom. The second-order valence-corrected chi connectivity index (χ2v) is 5.95. The highest BCUT2D eigenvalue weighted by atomic mass is 32.1. The van der Waals surface area contributed by atoms with Crippen molar-refractivity contribution in [1.29, 1.82) is 0 Å². The second kappa shape index (κ2) is 5.57. The number of aryl methyl sites for hydroxylation is 1. The molecule has 2 heterocycles. The molecule has 0 atom stereocenters. The van der Waals surface area contributed by atoms with Crippen LogP contribution in [0.15, 0.2) is 30.5 Å². The zero-order valence-electron chi connectivity index (χ0n) is 11.6. The van der Waals surface area contributed by atoms with Gasteiger partial charge in [0.15, 0.2) is 0 Å². The molecule has 2 aromatic heterocycles. The molecular weight excluding hydrogens is 284 g/mol. The number of rotatable bonds is 4. The quantitative estimate of drug-likeness (QED) is 0.648. The summed E-state index contributed by atoms with van der Waals surface area (Å²) in [6, 6.07) is 7.41. The van der Waals surface area contributed by atoms with E-state index in [1.165, 1.54) is 4.88 Å². The van der Waals surface area contributed by atoms with E-state index in [9.17, 15) is 4.79 Å². The highest BCUT2D eigenvalue weighted by molar-refractivity contribution is 7.11. The predicted molar refractivity (Wildman–Crippen MR) is 85.4 cm³/mol. The maximum Gasteiger partial charge on any atom is 0.268 e. The van der Waals surface area contributed by atoms with Gasteiger partial charge in [0.1, 0.15) is 10.7 Å². The van der Waals surface area contributed by atoms with Crippen LogP contribution in [0.2, 0.25) is 0 Å². The molecule has 1 aromatic carbocycles. The lowest BCUT2D eigenvalue weighted by molar-refractivity contribution is 0.0946. The van der Waals surface area contributed by atoms with Crippen molar-refractivity contribution in [2.24, 2.45) is 0 Å². The minimum absolute atomic E-state index is 0.154. The maximum absolute atomic E-state index is 12.2. The second-order valence-electron chi connectivity index (χ2n) is 4.75. The fourth-order valence-corrected chi connectivity index (χ4v) is 2.95. The third kappa shape index (κ3) is 2.75. The highest BCUT2D eigenvalue weighted by Crippen LogP contribution is 2.21. The Labute approximate surface area is 126 Å². The number of aromatic amines is 1. The first kappa shape index (κ1) is 13.6. The standard InChI is InChI=1S/C15H16N4OS/c1-2-10-7-17-13(21-10)8-18-15(20)12-6-9-4-3-5-11(16)14(9)19-12/h3-7,19H,2,8,16H2,1H3,(H,18,20). The number of carbonyl (C=O) groups excluding carboxylic acids is 1. The van der Waals surface area contributed by atoms with Gasteiger partial charge in [-0.2, -0.15) is 0 Å². The van der Waals surface area contributed by atoms with Gasteiger partial charge in [0, 0.05) is 16.5 Å². The fraction of sp³-hybridized carbons (Fsp3) is 0.200. The van der Waals surface area contributed by atoms with E-state index in [1.807, 2.05) is 24.4 Å². The molecular formula is C15H16N4OS. The summed E-state index contributed by atoms with van der Waals surface area (Å²) >= 11 is 1.62. The van der Waals surface area contributed by atoms with Crippen LogP contribution in [0.25, 0.3) is 10.9 Å². The van der Waals surface area contributed by atoms with Crippen LogP contribution in [0.4, 0.5) is 5.69 Å². The van der Waals surface area contributed by atoms with E-state index in [4.69, 9.17) is 5.73 Å². The number of hydrogen-bond acceptors (Lipinski definition) is 4. The number of H-pyrrole nitrogens is 1. The Hall–Kier alpha value is -2.34. The number of nitrogens with one attached hydrogen (secondary N) is 2. The summed E-state index contributed by atoms with van der Waals surface area (Å²) < 4.78 is 0. The molecule has 0 spiro atoms. The van der Waals surface area contributed by atoms with Crippen LogP contribution >= 0.6 is 11.3 Å². The number of anilines is 1. The van der Waals surface area contributed by atoms with Crippen LogP contribution in [0.5, 0.6) is 0 Å². The first-order chi connectivity index (χ1) is 10.2. The Morgan fingerprint density at radius 2 is 2.33 bits per heavy atom. The number of fused-ring (bicyclic) bond motifs is 1. The zero-order chi connectivity index (χ0) is 14.8. The zero-order valence-corrected chi connectivity index (χ0v) is 12.5. The first-order valence-electron chi connectivity index (χ1n) is 6.76. The van der Waals surface area contributed by atoms with Gasteiger partial charge in [-0.15, -0.1) is 11.3 Å². The van der Waals surface area contributed by atoms with Crippen molar-refractivity contribution in [3.05, 3.63) is 46.0 Å². The lowest BCUT2D eigenvalue weighted by atomic mass is 10.2. The molecule has 0 fully saturated rings. The number of nitrogen functional groups attached to an aromatic ring is 1. The summed E-state index contributed by atoms with van der Waals surface area (Å²) in [7, 11) is 0. The van der Waals surface area contributed by atoms with Gasteiger partial charge in [-0.1, -0.05) is 19.1 Å². The number of benzene rings is 1. The van der Waals surface area contributed by atoms with Gasteiger partial charge in [0.2, 0.25) is 0 Å². The van der Waals surface area contributed by atoms with Gasteiger partial charge in [0.05, 0.1) is 17.7 Å². The Kier molecular flexibility index (Phi) is 3.62. The number of para-hydroxylation sites is 1. The van der Waals surface area contributed by atoms with E-state index < -0.39 is 0 Å². The van der Waals surface area contributed by atoms with Gasteiger partial charge >= 0.3 is 0 Å². The van der Waals surface area contributed by atoms with Crippen LogP contribution < -0.4 is 11.1 Å². The number of nitrogens with two attached hydrogens (primary N) is 1. The molecule has 0 unspecified atom stereocenters. The maximum atomic E-state index is 12.2. The van der Waals surface area contributed by atoms with E-state index >= 15 is 0 Å². The lowest BCUT2D eigenvalue weighted by Gasteiger charge is -2.00. The number of thiazole rings is 1. The number of hydrogen-bond donors (Lipinski definition) is 3. The topological polar surface area (TPSA) is 83.8 Å². The minimum Gasteiger partial charge on any atom is -0.397 e. The molecule has 0 aliphatic rings. The molecule has 108 valence electrons. The van der Waals surface area contributed by atoms with Gasteiger partial charge < -0.3 is 16.0 Å². The smallest absolute Gasteiger partial charge is 0.268 e. The monoisotopic (exact) mass is 300 g/mol. The molecule has 21 heavy (non-hydrogen) atoms. The van der Waals surface area contributed by atoms with Crippen LogP contribution in [-0.4, -0.2) is 15.9 Å². The first-order valence-corrected chi connectivity index (χ1v) is 7.58. The molecule has 4 N–H and O–H groups in total. The molecule has 0 bridgehead atoms. The average molecular weight is 300 g/mol. The summed E-state index contributed by atoms with van der Waals surface area (Å²) in [6.07, 6.45) is 2.82. The fourth-order valence-electron chi connectivity index (χ4n) is 2.15. The molecule has 0 saturated heterocycles. The molecule has 1 amide bonds. The van der Waals surface area contributed by atoms with E-state index in [-0.39, 0.29) is 5.91 Å². The Bertz CT molecular complexity index is 790. The summed E-state index contributed by atoms with van der Waals surface area (Å²) in [5.74, 6) is -0.154. The highest BCUT2D eigenvalue weighted by Gasteiger charge is 2.11. The van der Waals surface area contributed by atoms with Crippen LogP contribution in [0, 0.1) is 0 Å². The molecule has 0 radical (unpaired) electrons. The summed E-state index contributed by atoms with van der Waals surface area (Å²) in [5, 5.41) is 4.72. The summed E-state index contributed by atoms with van der Waals surface area (Å²) in [4.78, 5) is 20.7. The number of amides is 1. The molecule has 5 nitrogen and oxygen atoms in total. The van der Waals surface area contributed by atoms with Crippen molar-refractivity contribution < 1.29 is 4.79 Å². The number of aromatic nitrogens is 2. The van der Waals surface area contributed by atoms with Gasteiger partial charge in [0.25, 0.3) is 5.91 Å². The largest absolute Gasteiger partial charge is 0.397 e. The normalized spacial score (nSPS) is 10.9. The van der Waals surface area contributed by atoms with Gasteiger partial charge in [-0.25, -0.2) is 4.98 Å². The van der Waals surface area contributed by atoms with Crippen molar-refractivity contribution in [2.45, 2.75) is 19.9 Å². The van der Waals surface area contributed by atoms with E-state index in [1.54, 1.807) is 17.4 Å². The molecule has 0 saturated carbocycles. The van der Waals surface area contributed by atoms with Gasteiger partial charge in [-0.3, -0.25) is 4.79 Å². The van der Waals surface area contributed by atoms with Crippen molar-refractivity contribution in [1.82, 2.24) is 15.3 Å². The predicted octanol–water partition coefficient (Wildman–Crippen LogP) is 2.70. The average Bonchev–Trinajstić information content (AvgIpc) is 3.12. The van der Waals surface area contributed by atoms with Crippen LogP contribution in [0.1, 0.15) is 27.3 Å². The summed E-state index contributed by atoms with van der Waals surface area (Å²) in [6.45, 7) is 2.53. The van der Waals surface area contributed by atoms with E-state index in [0.29, 0.717) is 17.9 Å². The van der Waals surface area contributed by atoms with Crippen molar-refractivity contribution in [3.8, 4) is 0 Å². The molecule has 3 rings (SSSR count). The van der Waals surface area contributed by atoms with Crippen molar-refractivity contribution >= 4 is 33.8 Å². The summed E-state index contributed by atoms with van der Waals surface area (Å²) in [5.41, 5.74) is 7.83. The van der Waals surface area contributed by atoms with E-state index in [0.717, 1.165) is 22.3 Å². The lowest BCUT2D eigenvalue weighted by Crippen LogP contribution is -2.22. The molecule has 0 aliphatic heterocycles. The SMILES string of the molecule is CCc1cnc(CNC(=O)c2cc3cccc(N)c3[nH]2)s1. The third-order valence-corrected chi connectivity index (χ3v) is 4.42. The van der Waals surface area contributed by atoms with Gasteiger partial charge in [-0.05, 0) is 18.6 Å². The molecule has 0 aliphatic carbocycles. The minimum atomic E-state index is -0.154. The Morgan fingerprint density at radius 1 is 1.48 bits per heavy atom. The number of carbonyl (C=O) groups is 1. The third-order valence-electron chi connectivity index (χ3n) is 3.28. The molecule has 3 aromatic rings. The van der Waals surface area contributed by atoms with Crippen molar-refractivity contribution in [3.63, 3.8) is 0 Å². The van der Waals surface area contributed by atoms with Crippen LogP contribution in [-0.2, 0) is 13.0 Å². The van der Waals surface area contributed by atoms with Crippen LogP contribution in [0.3, 0.4) is 0 Å². The molecule has 6 heteroatoms. The Balaban J connectivity index is 1.73.